The molecule has 1 heterocycles. The minimum Gasteiger partial charge on any atom is -0.477 e. The zero-order valence-corrected chi connectivity index (χ0v) is 10.8. The first-order chi connectivity index (χ1) is 8.74. The number of aromatic carboxylic acids is 1. The molecule has 1 aromatic rings. The van der Waals surface area contributed by atoms with Gasteiger partial charge in [-0.2, -0.15) is 0 Å². The normalized spacial score (nSPS) is 11.1. The molecule has 0 aromatic carbocycles. The molecule has 0 unspecified atom stereocenters. The van der Waals surface area contributed by atoms with Gasteiger partial charge in [-0.25, -0.2) is 4.79 Å². The second-order valence-electron chi connectivity index (χ2n) is 4.85. The number of carbonyl (C=O) groups excluding carboxylic acids is 2. The van der Waals surface area contributed by atoms with Crippen molar-refractivity contribution in [2.45, 2.75) is 20.4 Å². The summed E-state index contributed by atoms with van der Waals surface area (Å²) in [5.74, 6) is -2.00. The molecule has 0 fully saturated rings. The largest absolute Gasteiger partial charge is 0.477 e. The lowest BCUT2D eigenvalue weighted by Crippen LogP contribution is -2.43. The summed E-state index contributed by atoms with van der Waals surface area (Å²) < 4.78 is 1.31. The summed E-state index contributed by atoms with van der Waals surface area (Å²) in [6.07, 6.45) is 1.50. The average molecular weight is 267 g/mol. The maximum Gasteiger partial charge on any atom is 0.352 e. The van der Waals surface area contributed by atoms with Gasteiger partial charge in [0.1, 0.15) is 12.2 Å². The number of carbonyl (C=O) groups is 3. The van der Waals surface area contributed by atoms with Gasteiger partial charge >= 0.3 is 5.97 Å². The van der Waals surface area contributed by atoms with Gasteiger partial charge < -0.3 is 20.7 Å². The van der Waals surface area contributed by atoms with Crippen molar-refractivity contribution in [2.75, 3.05) is 6.54 Å². The van der Waals surface area contributed by atoms with Crippen molar-refractivity contribution in [3.05, 3.63) is 24.0 Å². The van der Waals surface area contributed by atoms with Crippen LogP contribution in [-0.2, 0) is 16.1 Å². The summed E-state index contributed by atoms with van der Waals surface area (Å²) in [5, 5.41) is 11.4. The van der Waals surface area contributed by atoms with E-state index in [0.29, 0.717) is 0 Å². The van der Waals surface area contributed by atoms with E-state index in [-0.39, 0.29) is 24.7 Å². The number of rotatable bonds is 6. The number of nitrogens with zero attached hydrogens (tertiary/aromatic N) is 1. The molecule has 0 bridgehead atoms. The number of nitrogens with one attached hydrogen (secondary N) is 1. The monoisotopic (exact) mass is 267 g/mol. The van der Waals surface area contributed by atoms with Gasteiger partial charge in [0, 0.05) is 12.7 Å². The molecule has 7 heteroatoms. The lowest BCUT2D eigenvalue weighted by Gasteiger charge is -2.20. The van der Waals surface area contributed by atoms with Crippen LogP contribution in [-0.4, -0.2) is 34.0 Å². The first-order valence-corrected chi connectivity index (χ1v) is 5.69. The van der Waals surface area contributed by atoms with Gasteiger partial charge in [0.2, 0.25) is 11.8 Å². The molecule has 1 rings (SSSR count). The minimum absolute atomic E-state index is 0.0318. The third kappa shape index (κ3) is 3.84. The smallest absolute Gasteiger partial charge is 0.352 e. The summed E-state index contributed by atoms with van der Waals surface area (Å²) >= 11 is 0. The molecule has 0 saturated carbocycles. The van der Waals surface area contributed by atoms with Gasteiger partial charge in [0.25, 0.3) is 0 Å². The molecule has 104 valence electrons. The molecule has 2 amide bonds. The SMILES string of the molecule is CC(C)(CNC(=O)Cn1cccc1C(=O)O)C(N)=O. The van der Waals surface area contributed by atoms with E-state index in [9.17, 15) is 14.4 Å². The van der Waals surface area contributed by atoms with E-state index >= 15 is 0 Å². The van der Waals surface area contributed by atoms with Gasteiger partial charge in [-0.05, 0) is 26.0 Å². The molecule has 0 aliphatic heterocycles. The Bertz CT molecular complexity index is 505. The lowest BCUT2D eigenvalue weighted by molar-refractivity contribution is -0.127. The summed E-state index contributed by atoms with van der Waals surface area (Å²) in [5.41, 5.74) is 4.37. The van der Waals surface area contributed by atoms with Crippen LogP contribution in [0.1, 0.15) is 24.3 Å². The van der Waals surface area contributed by atoms with Crippen molar-refractivity contribution in [1.29, 1.82) is 0 Å². The minimum atomic E-state index is -1.10. The Morgan fingerprint density at radius 2 is 2.05 bits per heavy atom. The van der Waals surface area contributed by atoms with Crippen LogP contribution in [0.25, 0.3) is 0 Å². The van der Waals surface area contributed by atoms with Crippen molar-refractivity contribution >= 4 is 17.8 Å². The molecular weight excluding hydrogens is 250 g/mol. The van der Waals surface area contributed by atoms with Crippen LogP contribution in [0.15, 0.2) is 18.3 Å². The maximum absolute atomic E-state index is 11.7. The standard InChI is InChI=1S/C12H17N3O4/c1-12(2,11(13)19)7-14-9(16)6-15-5-3-4-8(15)10(17)18/h3-5H,6-7H2,1-2H3,(H2,13,19)(H,14,16)(H,17,18). The van der Waals surface area contributed by atoms with Gasteiger partial charge in [0.05, 0.1) is 5.41 Å². The number of carboxylic acid groups (broad SMARTS) is 1. The van der Waals surface area contributed by atoms with Gasteiger partial charge in [-0.1, -0.05) is 0 Å². The fraction of sp³-hybridized carbons (Fsp3) is 0.417. The Balaban J connectivity index is 2.59. The number of aromatic nitrogens is 1. The van der Waals surface area contributed by atoms with Crippen LogP contribution in [0.2, 0.25) is 0 Å². The first-order valence-electron chi connectivity index (χ1n) is 5.69. The highest BCUT2D eigenvalue weighted by molar-refractivity contribution is 5.87. The van der Waals surface area contributed by atoms with E-state index in [4.69, 9.17) is 10.8 Å². The van der Waals surface area contributed by atoms with Crippen LogP contribution >= 0.6 is 0 Å². The predicted molar refractivity (Wildman–Crippen MR) is 67.4 cm³/mol. The van der Waals surface area contributed by atoms with Crippen molar-refractivity contribution in [3.63, 3.8) is 0 Å². The zero-order valence-electron chi connectivity index (χ0n) is 10.8. The van der Waals surface area contributed by atoms with E-state index in [0.717, 1.165) is 0 Å². The third-order valence-electron chi connectivity index (χ3n) is 2.76. The quantitative estimate of drug-likeness (QED) is 0.662. The van der Waals surface area contributed by atoms with Crippen LogP contribution in [0, 0.1) is 5.41 Å². The molecule has 0 atom stereocenters. The number of amides is 2. The summed E-state index contributed by atoms with van der Waals surface area (Å²) in [4.78, 5) is 33.6. The Kier molecular flexibility index (Phi) is 4.31. The van der Waals surface area contributed by atoms with Gasteiger partial charge in [0.15, 0.2) is 0 Å². The average Bonchev–Trinajstić information content (AvgIpc) is 2.74. The highest BCUT2D eigenvalue weighted by Gasteiger charge is 2.25. The van der Waals surface area contributed by atoms with E-state index in [2.05, 4.69) is 5.32 Å². The highest BCUT2D eigenvalue weighted by Crippen LogP contribution is 2.11. The van der Waals surface area contributed by atoms with E-state index in [1.807, 2.05) is 0 Å². The van der Waals surface area contributed by atoms with Crippen molar-refractivity contribution in [1.82, 2.24) is 9.88 Å². The zero-order chi connectivity index (χ0) is 14.6. The maximum atomic E-state index is 11.7. The third-order valence-corrected chi connectivity index (χ3v) is 2.76. The van der Waals surface area contributed by atoms with Crippen LogP contribution in [0.3, 0.4) is 0 Å². The Hall–Kier alpha value is -2.31. The molecule has 7 nitrogen and oxygen atoms in total. The van der Waals surface area contributed by atoms with E-state index < -0.39 is 17.3 Å². The van der Waals surface area contributed by atoms with Crippen LogP contribution in [0.4, 0.5) is 0 Å². The summed E-state index contributed by atoms with van der Waals surface area (Å²) in [6, 6.07) is 2.95. The lowest BCUT2D eigenvalue weighted by atomic mass is 9.93. The van der Waals surface area contributed by atoms with E-state index in [1.54, 1.807) is 19.9 Å². The molecule has 0 spiro atoms. The number of primary amides is 1. The van der Waals surface area contributed by atoms with Crippen LogP contribution in [0.5, 0.6) is 0 Å². The van der Waals surface area contributed by atoms with Crippen LogP contribution < -0.4 is 11.1 Å². The number of hydrogen-bond acceptors (Lipinski definition) is 3. The highest BCUT2D eigenvalue weighted by atomic mass is 16.4. The molecule has 0 saturated heterocycles. The first kappa shape index (κ1) is 14.7. The molecule has 0 aliphatic rings. The second kappa shape index (κ2) is 5.55. The Labute approximate surface area is 110 Å². The van der Waals surface area contributed by atoms with Gasteiger partial charge in [-0.3, -0.25) is 9.59 Å². The Morgan fingerprint density at radius 1 is 1.42 bits per heavy atom. The predicted octanol–water partition coefficient (Wildman–Crippen LogP) is -0.186. The number of carboxylic acids is 1. The molecule has 0 radical (unpaired) electrons. The molecule has 4 N–H and O–H groups in total. The number of hydrogen-bond donors (Lipinski definition) is 3. The Morgan fingerprint density at radius 3 is 2.58 bits per heavy atom. The molecule has 19 heavy (non-hydrogen) atoms. The van der Waals surface area contributed by atoms with Crippen molar-refractivity contribution < 1.29 is 19.5 Å². The molecule has 0 aliphatic carbocycles. The second-order valence-corrected chi connectivity index (χ2v) is 4.85. The van der Waals surface area contributed by atoms with Gasteiger partial charge in [-0.15, -0.1) is 0 Å². The molecular formula is C12H17N3O4. The van der Waals surface area contributed by atoms with Crippen molar-refractivity contribution in [2.24, 2.45) is 11.1 Å². The fourth-order valence-corrected chi connectivity index (χ4v) is 1.36. The topological polar surface area (TPSA) is 114 Å². The fourth-order valence-electron chi connectivity index (χ4n) is 1.36. The number of nitrogens with two attached hydrogens (primary N) is 1. The van der Waals surface area contributed by atoms with Crippen molar-refractivity contribution in [3.8, 4) is 0 Å². The summed E-state index contributed by atoms with van der Waals surface area (Å²) in [6.45, 7) is 3.22. The molecule has 1 aromatic heterocycles. The van der Waals surface area contributed by atoms with E-state index in [1.165, 1.54) is 16.8 Å². The summed E-state index contributed by atoms with van der Waals surface area (Å²) in [7, 11) is 0.